The number of nitrogens with one attached hydrogen (secondary N) is 1. The molecule has 0 aliphatic heterocycles. The predicted molar refractivity (Wildman–Crippen MR) is 97.5 cm³/mol. The molecule has 0 saturated heterocycles. The minimum absolute atomic E-state index is 0.0118. The van der Waals surface area contributed by atoms with Crippen LogP contribution in [0.15, 0.2) is 48.5 Å². The zero-order valence-corrected chi connectivity index (χ0v) is 14.8. The molecular formula is C19H22N2O5. The first-order valence-electron chi connectivity index (χ1n) is 8.28. The normalized spacial score (nSPS) is 11.5. The van der Waals surface area contributed by atoms with E-state index in [9.17, 15) is 14.9 Å². The lowest BCUT2D eigenvalue weighted by atomic mass is 10.1. The van der Waals surface area contributed by atoms with Crippen molar-refractivity contribution in [2.24, 2.45) is 0 Å². The lowest BCUT2D eigenvalue weighted by molar-refractivity contribution is -0.385. The highest BCUT2D eigenvalue weighted by Crippen LogP contribution is 2.30. The quantitative estimate of drug-likeness (QED) is 0.549. The van der Waals surface area contributed by atoms with Crippen LogP contribution in [0.1, 0.15) is 18.9 Å². The van der Waals surface area contributed by atoms with Crippen LogP contribution in [0.4, 0.5) is 5.69 Å². The molecule has 138 valence electrons. The number of hydrogen-bond donors (Lipinski definition) is 1. The van der Waals surface area contributed by atoms with Crippen LogP contribution in [0, 0.1) is 10.1 Å². The molecule has 0 heterocycles. The molecule has 0 spiro atoms. The van der Waals surface area contributed by atoms with Crippen molar-refractivity contribution in [1.82, 2.24) is 5.32 Å². The van der Waals surface area contributed by atoms with Crippen LogP contribution in [0.5, 0.6) is 11.5 Å². The summed E-state index contributed by atoms with van der Waals surface area (Å²) in [5.74, 6) is 0.173. The summed E-state index contributed by atoms with van der Waals surface area (Å²) in [4.78, 5) is 22.3. The number of rotatable bonds is 9. The van der Waals surface area contributed by atoms with Crippen molar-refractivity contribution >= 4 is 11.6 Å². The van der Waals surface area contributed by atoms with Gasteiger partial charge in [0.1, 0.15) is 5.75 Å². The molecule has 7 nitrogen and oxygen atoms in total. The van der Waals surface area contributed by atoms with Gasteiger partial charge in [-0.2, -0.15) is 0 Å². The Labute approximate surface area is 152 Å². The van der Waals surface area contributed by atoms with Crippen LogP contribution in [0.25, 0.3) is 0 Å². The van der Waals surface area contributed by atoms with E-state index < -0.39 is 4.92 Å². The summed E-state index contributed by atoms with van der Waals surface area (Å²) in [6, 6.07) is 14.2. The average molecular weight is 358 g/mol. The van der Waals surface area contributed by atoms with Crippen molar-refractivity contribution in [3.8, 4) is 11.5 Å². The molecule has 0 unspecified atom stereocenters. The third-order valence-corrected chi connectivity index (χ3v) is 3.83. The van der Waals surface area contributed by atoms with E-state index in [1.165, 1.54) is 30.9 Å². The van der Waals surface area contributed by atoms with Crippen molar-refractivity contribution in [2.75, 3.05) is 13.7 Å². The second kappa shape index (κ2) is 9.41. The number of aryl methyl sites for hydroxylation is 1. The van der Waals surface area contributed by atoms with Crippen molar-refractivity contribution in [2.45, 2.75) is 25.8 Å². The van der Waals surface area contributed by atoms with Gasteiger partial charge in [0.05, 0.1) is 12.0 Å². The van der Waals surface area contributed by atoms with E-state index in [-0.39, 0.29) is 30.0 Å². The predicted octanol–water partition coefficient (Wildman–Crippen LogP) is 3.12. The second-order valence-electron chi connectivity index (χ2n) is 5.87. The van der Waals surface area contributed by atoms with Gasteiger partial charge in [-0.05, 0) is 31.4 Å². The highest BCUT2D eigenvalue weighted by Gasteiger charge is 2.16. The van der Waals surface area contributed by atoms with Crippen LogP contribution in [0.2, 0.25) is 0 Å². The van der Waals surface area contributed by atoms with Gasteiger partial charge in [-0.25, -0.2) is 0 Å². The van der Waals surface area contributed by atoms with E-state index in [4.69, 9.17) is 9.47 Å². The molecule has 0 bridgehead atoms. The van der Waals surface area contributed by atoms with E-state index in [0.29, 0.717) is 5.75 Å². The van der Waals surface area contributed by atoms with E-state index >= 15 is 0 Å². The molecule has 0 fully saturated rings. The van der Waals surface area contributed by atoms with Gasteiger partial charge in [0.15, 0.2) is 6.61 Å². The fraction of sp³-hybridized carbons (Fsp3) is 0.316. The van der Waals surface area contributed by atoms with Gasteiger partial charge in [0.25, 0.3) is 5.91 Å². The Morgan fingerprint density at radius 2 is 1.96 bits per heavy atom. The Balaban J connectivity index is 1.80. The maximum absolute atomic E-state index is 12.0. The van der Waals surface area contributed by atoms with Crippen molar-refractivity contribution in [1.29, 1.82) is 0 Å². The number of methoxy groups -OCH3 is 1. The number of nitro groups is 1. The third kappa shape index (κ3) is 5.77. The third-order valence-electron chi connectivity index (χ3n) is 3.83. The van der Waals surface area contributed by atoms with E-state index in [1.807, 2.05) is 25.1 Å². The first-order valence-corrected chi connectivity index (χ1v) is 8.28. The second-order valence-corrected chi connectivity index (χ2v) is 5.87. The van der Waals surface area contributed by atoms with Crippen LogP contribution < -0.4 is 14.8 Å². The lowest BCUT2D eigenvalue weighted by Crippen LogP contribution is -2.36. The Morgan fingerprint density at radius 3 is 2.62 bits per heavy atom. The molecular weight excluding hydrogens is 336 g/mol. The topological polar surface area (TPSA) is 90.7 Å². The number of amides is 1. The molecule has 26 heavy (non-hydrogen) atoms. The van der Waals surface area contributed by atoms with Gasteiger partial charge in [-0.3, -0.25) is 14.9 Å². The minimum Gasteiger partial charge on any atom is -0.490 e. The molecule has 2 aromatic carbocycles. The molecule has 2 aromatic rings. The number of carbonyl (C=O) groups is 1. The average Bonchev–Trinajstić information content (AvgIpc) is 2.65. The molecule has 1 amide bonds. The largest absolute Gasteiger partial charge is 0.490 e. The van der Waals surface area contributed by atoms with E-state index in [0.717, 1.165) is 12.8 Å². The summed E-state index contributed by atoms with van der Waals surface area (Å²) >= 11 is 0. The molecule has 0 aromatic heterocycles. The fourth-order valence-electron chi connectivity index (χ4n) is 2.46. The summed E-state index contributed by atoms with van der Waals surface area (Å²) in [6.45, 7) is 1.77. The fourth-order valence-corrected chi connectivity index (χ4v) is 2.46. The zero-order valence-electron chi connectivity index (χ0n) is 14.8. The molecule has 0 aliphatic rings. The van der Waals surface area contributed by atoms with Gasteiger partial charge in [-0.15, -0.1) is 0 Å². The molecule has 1 atom stereocenters. The van der Waals surface area contributed by atoms with Gasteiger partial charge in [0, 0.05) is 18.2 Å². The lowest BCUT2D eigenvalue weighted by Gasteiger charge is -2.14. The number of ether oxygens (including phenoxy) is 2. The van der Waals surface area contributed by atoms with Crippen molar-refractivity contribution in [3.05, 3.63) is 64.2 Å². The molecule has 1 N–H and O–H groups in total. The maximum atomic E-state index is 12.0. The van der Waals surface area contributed by atoms with Crippen LogP contribution in [-0.2, 0) is 11.2 Å². The minimum atomic E-state index is -0.538. The molecule has 0 aliphatic carbocycles. The number of carbonyl (C=O) groups excluding carboxylic acids is 1. The van der Waals surface area contributed by atoms with Crippen molar-refractivity contribution in [3.63, 3.8) is 0 Å². The van der Waals surface area contributed by atoms with Gasteiger partial charge in [-0.1, -0.05) is 30.3 Å². The monoisotopic (exact) mass is 358 g/mol. The summed E-state index contributed by atoms with van der Waals surface area (Å²) < 4.78 is 10.4. The molecule has 7 heteroatoms. The summed E-state index contributed by atoms with van der Waals surface area (Å²) in [5.41, 5.74) is 1.07. The first-order chi connectivity index (χ1) is 12.5. The molecule has 2 rings (SSSR count). The summed E-state index contributed by atoms with van der Waals surface area (Å²) in [5, 5.41) is 13.7. The first kappa shape index (κ1) is 19.2. The van der Waals surface area contributed by atoms with Gasteiger partial charge >= 0.3 is 5.69 Å². The molecule has 0 radical (unpaired) electrons. The van der Waals surface area contributed by atoms with E-state index in [1.54, 1.807) is 0 Å². The van der Waals surface area contributed by atoms with Crippen LogP contribution >= 0.6 is 0 Å². The highest BCUT2D eigenvalue weighted by atomic mass is 16.6. The van der Waals surface area contributed by atoms with Crippen LogP contribution in [0.3, 0.4) is 0 Å². The van der Waals surface area contributed by atoms with Crippen molar-refractivity contribution < 1.29 is 19.2 Å². The van der Waals surface area contributed by atoms with Gasteiger partial charge in [0.2, 0.25) is 5.75 Å². The Hall–Kier alpha value is -3.09. The number of benzene rings is 2. The molecule has 0 saturated carbocycles. The highest BCUT2D eigenvalue weighted by molar-refractivity contribution is 5.77. The Bertz CT molecular complexity index is 749. The number of nitro benzene ring substituents is 1. The van der Waals surface area contributed by atoms with Gasteiger partial charge < -0.3 is 14.8 Å². The zero-order chi connectivity index (χ0) is 18.9. The summed E-state index contributed by atoms with van der Waals surface area (Å²) in [6.07, 6.45) is 1.70. The van der Waals surface area contributed by atoms with E-state index in [2.05, 4.69) is 17.4 Å². The Kier molecular flexibility index (Phi) is 6.96. The number of hydrogen-bond acceptors (Lipinski definition) is 5. The van der Waals surface area contributed by atoms with Crippen LogP contribution in [-0.4, -0.2) is 30.6 Å². The smallest absolute Gasteiger partial charge is 0.311 e. The number of nitrogens with zero attached hydrogens (tertiary/aromatic N) is 1. The standard InChI is InChI=1S/C19H22N2O5/c1-14(8-9-15-6-4-3-5-7-15)20-19(22)13-26-16-10-11-17(21(23)24)18(12-16)25-2/h3-7,10-12,14H,8-9,13H2,1-2H3,(H,20,22)/t14-/m0/s1. The SMILES string of the molecule is COc1cc(OCC(=O)N[C@@H](C)CCc2ccccc2)ccc1[N+](=O)[O-]. The maximum Gasteiger partial charge on any atom is 0.311 e. The summed E-state index contributed by atoms with van der Waals surface area (Å²) in [7, 11) is 1.34. The Morgan fingerprint density at radius 1 is 1.23 bits per heavy atom.